The maximum Gasteiger partial charge on any atom is 0.265 e. The van der Waals surface area contributed by atoms with E-state index in [4.69, 9.17) is 4.42 Å². The molecule has 0 amide bonds. The summed E-state index contributed by atoms with van der Waals surface area (Å²) in [5, 5.41) is 2.76. The fraction of sp³-hybridized carbons (Fsp3) is 0.200. The van der Waals surface area contributed by atoms with Crippen molar-refractivity contribution >= 4 is 32.8 Å². The lowest BCUT2D eigenvalue weighted by Crippen LogP contribution is -2.18. The van der Waals surface area contributed by atoms with E-state index in [1.807, 2.05) is 12.1 Å². The predicted molar refractivity (Wildman–Crippen MR) is 60.0 cm³/mol. The molecule has 0 unspecified atom stereocenters. The molecule has 0 atom stereocenters. The monoisotopic (exact) mass is 268 g/mol. The average Bonchev–Trinajstić information content (AvgIpc) is 2.63. The van der Waals surface area contributed by atoms with Gasteiger partial charge in [0.1, 0.15) is 5.52 Å². The van der Waals surface area contributed by atoms with Crippen LogP contribution in [0.1, 0.15) is 10.7 Å². The number of carbonyl (C=O) groups is 1. The van der Waals surface area contributed by atoms with Crippen molar-refractivity contribution in [2.45, 2.75) is 0 Å². The van der Waals surface area contributed by atoms with Crippen LogP contribution in [0, 0.1) is 0 Å². The van der Waals surface area contributed by atoms with Crippen LogP contribution in [0.25, 0.3) is 11.1 Å². The van der Waals surface area contributed by atoms with Crippen molar-refractivity contribution in [2.24, 2.45) is 0 Å². The Morgan fingerprint density at radius 1 is 1.60 bits per heavy atom. The Morgan fingerprint density at radius 2 is 2.40 bits per heavy atom. The van der Waals surface area contributed by atoms with Crippen LogP contribution in [0.15, 0.2) is 27.1 Å². The van der Waals surface area contributed by atoms with E-state index in [2.05, 4.69) is 26.2 Å². The van der Waals surface area contributed by atoms with Gasteiger partial charge in [0.05, 0.1) is 11.0 Å². The minimum atomic E-state index is -0.152. The summed E-state index contributed by atoms with van der Waals surface area (Å²) in [6, 6.07) is 5.50. The number of ketones is 1. The van der Waals surface area contributed by atoms with E-state index >= 15 is 0 Å². The number of Topliss-reactive ketones (excluding diaryl/α,β-unsaturated/α-hetero) is 1. The number of benzene rings is 1. The largest absolute Gasteiger partial charge is 0.432 e. The summed E-state index contributed by atoms with van der Waals surface area (Å²) in [4.78, 5) is 15.6. The second kappa shape index (κ2) is 4.12. The van der Waals surface area contributed by atoms with Crippen LogP contribution in [0.4, 0.5) is 0 Å². The van der Waals surface area contributed by atoms with Gasteiger partial charge in [-0.15, -0.1) is 0 Å². The van der Waals surface area contributed by atoms with Gasteiger partial charge in [0.25, 0.3) is 5.89 Å². The molecule has 0 saturated carbocycles. The number of rotatable bonds is 3. The topological polar surface area (TPSA) is 55.1 Å². The maximum atomic E-state index is 11.5. The number of oxazole rings is 1. The van der Waals surface area contributed by atoms with Crippen molar-refractivity contribution in [2.75, 3.05) is 13.6 Å². The van der Waals surface area contributed by atoms with Gasteiger partial charge in [0.15, 0.2) is 5.58 Å². The van der Waals surface area contributed by atoms with Crippen molar-refractivity contribution in [3.8, 4) is 0 Å². The third kappa shape index (κ3) is 1.93. The molecular formula is C10H9BrN2O2. The summed E-state index contributed by atoms with van der Waals surface area (Å²) < 4.78 is 6.17. The molecule has 78 valence electrons. The van der Waals surface area contributed by atoms with Crippen LogP contribution in [-0.4, -0.2) is 24.4 Å². The number of nitrogens with one attached hydrogen (secondary N) is 1. The zero-order valence-electron chi connectivity index (χ0n) is 8.08. The molecular weight excluding hydrogens is 260 g/mol. The van der Waals surface area contributed by atoms with Gasteiger partial charge in [-0.25, -0.2) is 4.98 Å². The molecule has 4 nitrogen and oxygen atoms in total. The van der Waals surface area contributed by atoms with Gasteiger partial charge in [-0.3, -0.25) is 4.79 Å². The SMILES string of the molecule is CNCC(=O)c1nc2cccc(Br)c2o1. The minimum Gasteiger partial charge on any atom is -0.432 e. The highest BCUT2D eigenvalue weighted by Crippen LogP contribution is 2.24. The number of hydrogen-bond acceptors (Lipinski definition) is 4. The lowest BCUT2D eigenvalue weighted by molar-refractivity contribution is 0.0962. The quantitative estimate of drug-likeness (QED) is 0.866. The molecule has 0 bridgehead atoms. The zero-order valence-corrected chi connectivity index (χ0v) is 9.67. The van der Waals surface area contributed by atoms with E-state index in [1.54, 1.807) is 13.1 Å². The molecule has 2 rings (SSSR count). The Bertz CT molecular complexity index is 507. The molecule has 0 fully saturated rings. The molecule has 0 aliphatic heterocycles. The lowest BCUT2D eigenvalue weighted by atomic mass is 10.3. The van der Waals surface area contributed by atoms with Gasteiger partial charge in [-0.05, 0) is 35.1 Å². The number of aromatic nitrogens is 1. The number of para-hydroxylation sites is 1. The average molecular weight is 269 g/mol. The molecule has 0 saturated heterocycles. The number of carbonyl (C=O) groups excluding carboxylic acids is 1. The summed E-state index contributed by atoms with van der Waals surface area (Å²) in [5.41, 5.74) is 1.29. The molecule has 1 heterocycles. The molecule has 2 aromatic rings. The highest BCUT2D eigenvalue weighted by molar-refractivity contribution is 9.10. The Hall–Kier alpha value is -1.20. The van der Waals surface area contributed by atoms with E-state index in [1.165, 1.54) is 0 Å². The van der Waals surface area contributed by atoms with Crippen LogP contribution >= 0.6 is 15.9 Å². The molecule has 0 spiro atoms. The van der Waals surface area contributed by atoms with Crippen molar-refractivity contribution in [3.63, 3.8) is 0 Å². The van der Waals surface area contributed by atoms with Crippen molar-refractivity contribution in [3.05, 3.63) is 28.6 Å². The number of halogens is 1. The molecule has 5 heteroatoms. The summed E-state index contributed by atoms with van der Waals surface area (Å²) >= 11 is 3.34. The zero-order chi connectivity index (χ0) is 10.8. The Labute approximate surface area is 94.8 Å². The number of nitrogens with zero attached hydrogens (tertiary/aromatic N) is 1. The fourth-order valence-corrected chi connectivity index (χ4v) is 1.71. The third-order valence-electron chi connectivity index (χ3n) is 1.94. The highest BCUT2D eigenvalue weighted by Gasteiger charge is 2.14. The van der Waals surface area contributed by atoms with Gasteiger partial charge >= 0.3 is 0 Å². The lowest BCUT2D eigenvalue weighted by Gasteiger charge is -1.91. The summed E-state index contributed by atoms with van der Waals surface area (Å²) in [7, 11) is 1.70. The predicted octanol–water partition coefficient (Wildman–Crippen LogP) is 1.99. The first kappa shape index (κ1) is 10.3. The van der Waals surface area contributed by atoms with Crippen molar-refractivity contribution in [1.82, 2.24) is 10.3 Å². The maximum absolute atomic E-state index is 11.5. The van der Waals surface area contributed by atoms with Crippen LogP contribution < -0.4 is 5.32 Å². The molecule has 0 radical (unpaired) electrons. The van der Waals surface area contributed by atoms with Crippen LogP contribution in [0.3, 0.4) is 0 Å². The number of fused-ring (bicyclic) bond motifs is 1. The standard InChI is InChI=1S/C10H9BrN2O2/c1-12-5-8(14)10-13-7-4-2-3-6(11)9(7)15-10/h2-4,12H,5H2,1H3. The first-order chi connectivity index (χ1) is 7.22. The smallest absolute Gasteiger partial charge is 0.265 e. The van der Waals surface area contributed by atoms with Crippen molar-refractivity contribution in [1.29, 1.82) is 0 Å². The van der Waals surface area contributed by atoms with Crippen LogP contribution in [0.2, 0.25) is 0 Å². The van der Waals surface area contributed by atoms with Gasteiger partial charge in [-0.1, -0.05) is 6.07 Å². The first-order valence-electron chi connectivity index (χ1n) is 4.45. The molecule has 1 aromatic carbocycles. The number of likely N-dealkylation sites (N-methyl/N-ethyl adjacent to an activating group) is 1. The molecule has 1 N–H and O–H groups in total. The number of hydrogen-bond donors (Lipinski definition) is 1. The van der Waals surface area contributed by atoms with Gasteiger partial charge < -0.3 is 9.73 Å². The van der Waals surface area contributed by atoms with E-state index in [9.17, 15) is 4.79 Å². The Kier molecular flexibility index (Phi) is 2.83. The summed E-state index contributed by atoms with van der Waals surface area (Å²) in [6.45, 7) is 0.227. The molecule has 15 heavy (non-hydrogen) atoms. The van der Waals surface area contributed by atoms with E-state index in [0.717, 1.165) is 4.47 Å². The van der Waals surface area contributed by atoms with E-state index in [0.29, 0.717) is 11.1 Å². The Morgan fingerprint density at radius 3 is 3.07 bits per heavy atom. The second-order valence-electron chi connectivity index (χ2n) is 3.06. The first-order valence-corrected chi connectivity index (χ1v) is 5.24. The fourth-order valence-electron chi connectivity index (χ4n) is 1.27. The minimum absolute atomic E-state index is 0.145. The van der Waals surface area contributed by atoms with E-state index in [-0.39, 0.29) is 18.2 Å². The van der Waals surface area contributed by atoms with Gasteiger partial charge in [0, 0.05) is 0 Å². The second-order valence-corrected chi connectivity index (χ2v) is 3.91. The van der Waals surface area contributed by atoms with Gasteiger partial charge in [-0.2, -0.15) is 0 Å². The molecule has 1 aromatic heterocycles. The molecule has 0 aliphatic rings. The Balaban J connectivity index is 2.47. The summed E-state index contributed by atoms with van der Waals surface area (Å²) in [6.07, 6.45) is 0. The highest BCUT2D eigenvalue weighted by atomic mass is 79.9. The van der Waals surface area contributed by atoms with Crippen molar-refractivity contribution < 1.29 is 9.21 Å². The normalized spacial score (nSPS) is 10.8. The van der Waals surface area contributed by atoms with Crippen LogP contribution in [-0.2, 0) is 0 Å². The van der Waals surface area contributed by atoms with Crippen LogP contribution in [0.5, 0.6) is 0 Å². The van der Waals surface area contributed by atoms with E-state index < -0.39 is 0 Å². The summed E-state index contributed by atoms with van der Waals surface area (Å²) in [5.74, 6) is -0.00755. The third-order valence-corrected chi connectivity index (χ3v) is 2.57. The molecule has 0 aliphatic carbocycles. The van der Waals surface area contributed by atoms with Gasteiger partial charge in [0.2, 0.25) is 5.78 Å².